The van der Waals surface area contributed by atoms with E-state index in [1.165, 1.54) is 44.5 Å². The van der Waals surface area contributed by atoms with E-state index in [1.54, 1.807) is 12.4 Å². The fourth-order valence-electron chi connectivity index (χ4n) is 11.5. The Kier molecular flexibility index (Phi) is 6.87. The van der Waals surface area contributed by atoms with Gasteiger partial charge in [-0.1, -0.05) is 152 Å². The number of pyridine rings is 2. The maximum atomic E-state index is 7.16. The molecule has 6 nitrogen and oxygen atoms in total. The van der Waals surface area contributed by atoms with E-state index in [0.717, 1.165) is 49.8 Å². The molecule has 0 saturated heterocycles. The summed E-state index contributed by atoms with van der Waals surface area (Å²) in [5.74, 6) is 1.50. The Morgan fingerprint density at radius 1 is 0.317 bits per heavy atom. The van der Waals surface area contributed by atoms with E-state index >= 15 is 0 Å². The molecule has 0 aliphatic heterocycles. The molecule has 0 atom stereocenters. The van der Waals surface area contributed by atoms with Crippen molar-refractivity contribution >= 4 is 21.9 Å². The van der Waals surface area contributed by atoms with E-state index in [0.29, 0.717) is 28.9 Å². The Morgan fingerprint density at radius 3 is 1.40 bits per heavy atom. The van der Waals surface area contributed by atoms with Crippen molar-refractivity contribution in [2.75, 3.05) is 0 Å². The van der Waals surface area contributed by atoms with Crippen LogP contribution in [0, 0.1) is 0 Å². The van der Waals surface area contributed by atoms with Gasteiger partial charge in [0.05, 0.1) is 10.8 Å². The van der Waals surface area contributed by atoms with Gasteiger partial charge in [-0.05, 0) is 97.6 Å². The maximum Gasteiger partial charge on any atom is 0.182 e. The van der Waals surface area contributed by atoms with Gasteiger partial charge in [-0.25, -0.2) is 15.0 Å². The Bertz CT molecular complexity index is 3550. The summed E-state index contributed by atoms with van der Waals surface area (Å²) in [5.41, 5.74) is 16.9. The first-order valence-corrected chi connectivity index (χ1v) is 21.3. The minimum Gasteiger partial charge on any atom is -0.456 e. The lowest BCUT2D eigenvalue weighted by Crippen LogP contribution is -2.44. The number of benzene rings is 7. The SMILES string of the molecule is c1ccc(-c2nc(-c3ccccn3)nc(-c3cccc4c3C3(c5ccccc5C5(c6ccccc6-c6ccccc65)c5ccccc53)c3c-4ccc4c3oc3ccccc34)n2)nc1. The van der Waals surface area contributed by atoms with Gasteiger partial charge in [-0.15, -0.1) is 0 Å². The lowest BCUT2D eigenvalue weighted by Gasteiger charge is -2.49. The Hall–Kier alpha value is -8.35. The van der Waals surface area contributed by atoms with Gasteiger partial charge >= 0.3 is 0 Å². The highest BCUT2D eigenvalue weighted by molar-refractivity contribution is 6.11. The molecule has 63 heavy (non-hydrogen) atoms. The molecule has 0 amide bonds. The molecule has 0 N–H and O–H groups in total. The Labute approximate surface area is 362 Å². The highest BCUT2D eigenvalue weighted by atomic mass is 16.3. The predicted octanol–water partition coefficient (Wildman–Crippen LogP) is 12.6. The summed E-state index contributed by atoms with van der Waals surface area (Å²) in [6.45, 7) is 0. The van der Waals surface area contributed by atoms with E-state index < -0.39 is 10.8 Å². The average molecular weight is 804 g/mol. The zero-order chi connectivity index (χ0) is 41.3. The number of rotatable bonds is 3. The Balaban J connectivity index is 1.17. The van der Waals surface area contributed by atoms with E-state index in [1.807, 2.05) is 36.4 Å². The summed E-state index contributed by atoms with van der Waals surface area (Å²) in [6, 6.07) is 67.4. The fraction of sp³-hybridized carbons (Fsp3) is 0.0351. The van der Waals surface area contributed by atoms with Crippen molar-refractivity contribution in [3.05, 3.63) is 245 Å². The standard InChI is InChI=1S/C57H33N5O/c1-4-21-41-34(16-1)35-17-2-5-22-42(35)56(41)43-23-6-8-25-45(43)57(46-26-9-7-24-44(46)56)50-37(38-30-31-39-36-18-3-10-29-49(36)63-52(39)51(38)57)19-15-20-40(50)53-60-54(47-27-11-13-32-58-47)62-55(61-53)48-28-12-14-33-59-48/h1-33H. The van der Waals surface area contributed by atoms with Crippen molar-refractivity contribution < 1.29 is 4.42 Å². The van der Waals surface area contributed by atoms with Crippen molar-refractivity contribution in [3.8, 4) is 56.7 Å². The minimum absolute atomic E-state index is 0.477. The molecule has 0 unspecified atom stereocenters. The summed E-state index contributed by atoms with van der Waals surface area (Å²) in [5, 5.41) is 2.17. The highest BCUT2D eigenvalue weighted by Crippen LogP contribution is 2.69. The summed E-state index contributed by atoms with van der Waals surface area (Å²) >= 11 is 0. The van der Waals surface area contributed by atoms with E-state index in [9.17, 15) is 0 Å². The lowest BCUT2D eigenvalue weighted by molar-refractivity contribution is 0.615. The van der Waals surface area contributed by atoms with Crippen molar-refractivity contribution in [3.63, 3.8) is 0 Å². The molecule has 11 aromatic rings. The number of fused-ring (bicyclic) bond motifs is 20. The van der Waals surface area contributed by atoms with Gasteiger partial charge in [0.15, 0.2) is 17.5 Å². The molecule has 7 aromatic carbocycles. The quantitative estimate of drug-likeness (QED) is 0.177. The lowest BCUT2D eigenvalue weighted by atomic mass is 9.52. The van der Waals surface area contributed by atoms with Crippen LogP contribution >= 0.6 is 0 Å². The van der Waals surface area contributed by atoms with Crippen LogP contribution in [0.15, 0.2) is 205 Å². The first kappa shape index (κ1) is 34.4. The van der Waals surface area contributed by atoms with E-state index in [-0.39, 0.29) is 0 Å². The number of aromatic nitrogens is 5. The molecule has 0 fully saturated rings. The molecule has 3 aliphatic carbocycles. The fourth-order valence-corrected chi connectivity index (χ4v) is 11.5. The number of hydrogen-bond acceptors (Lipinski definition) is 6. The predicted molar refractivity (Wildman–Crippen MR) is 247 cm³/mol. The molecule has 292 valence electrons. The third-order valence-corrected chi connectivity index (χ3v) is 13.7. The molecule has 0 saturated carbocycles. The van der Waals surface area contributed by atoms with E-state index in [2.05, 4.69) is 152 Å². The monoisotopic (exact) mass is 803 g/mol. The largest absolute Gasteiger partial charge is 0.456 e. The molecule has 3 aliphatic rings. The second-order valence-electron chi connectivity index (χ2n) is 16.6. The minimum atomic E-state index is -0.886. The first-order valence-electron chi connectivity index (χ1n) is 21.3. The summed E-state index contributed by atoms with van der Waals surface area (Å²) in [4.78, 5) is 25.1. The first-order chi connectivity index (χ1) is 31.3. The van der Waals surface area contributed by atoms with Gasteiger partial charge in [0, 0.05) is 34.3 Å². The van der Waals surface area contributed by atoms with Crippen LogP contribution in [-0.2, 0) is 10.8 Å². The molecule has 0 radical (unpaired) electrons. The zero-order valence-corrected chi connectivity index (χ0v) is 33.7. The van der Waals surface area contributed by atoms with Crippen molar-refractivity contribution in [1.29, 1.82) is 0 Å². The van der Waals surface area contributed by atoms with Gasteiger partial charge in [0.1, 0.15) is 22.6 Å². The molecule has 4 heterocycles. The normalized spacial score (nSPS) is 14.3. The molecule has 2 spiro atoms. The number of nitrogens with zero attached hydrogens (tertiary/aromatic N) is 5. The molecule has 4 aromatic heterocycles. The summed E-state index contributed by atoms with van der Waals surface area (Å²) in [6.07, 6.45) is 3.55. The third kappa shape index (κ3) is 4.34. The van der Waals surface area contributed by atoms with E-state index in [4.69, 9.17) is 29.3 Å². The van der Waals surface area contributed by atoms with Crippen LogP contribution in [0.1, 0.15) is 44.5 Å². The van der Waals surface area contributed by atoms with Gasteiger partial charge in [-0.3, -0.25) is 9.97 Å². The average Bonchev–Trinajstić information content (AvgIpc) is 3.99. The molecule has 6 heteroatoms. The molecular formula is C57H33N5O. The number of furan rings is 1. The molecular weight excluding hydrogens is 771 g/mol. The van der Waals surface area contributed by atoms with Gasteiger partial charge < -0.3 is 4.42 Å². The Morgan fingerprint density at radius 2 is 0.794 bits per heavy atom. The van der Waals surface area contributed by atoms with Crippen molar-refractivity contribution in [2.24, 2.45) is 0 Å². The molecule has 14 rings (SSSR count). The van der Waals surface area contributed by atoms with Crippen LogP contribution in [0.3, 0.4) is 0 Å². The third-order valence-electron chi connectivity index (χ3n) is 13.7. The van der Waals surface area contributed by atoms with Gasteiger partial charge in [-0.2, -0.15) is 0 Å². The summed E-state index contributed by atoms with van der Waals surface area (Å²) < 4.78 is 7.16. The van der Waals surface area contributed by atoms with Crippen molar-refractivity contribution in [1.82, 2.24) is 24.9 Å². The van der Waals surface area contributed by atoms with Crippen LogP contribution < -0.4 is 0 Å². The van der Waals surface area contributed by atoms with Crippen LogP contribution in [0.25, 0.3) is 78.6 Å². The highest BCUT2D eigenvalue weighted by Gasteiger charge is 2.60. The number of para-hydroxylation sites is 1. The van der Waals surface area contributed by atoms with Gasteiger partial charge in [0.25, 0.3) is 0 Å². The number of hydrogen-bond donors (Lipinski definition) is 0. The smallest absolute Gasteiger partial charge is 0.182 e. The van der Waals surface area contributed by atoms with Crippen molar-refractivity contribution in [2.45, 2.75) is 10.8 Å². The zero-order valence-electron chi connectivity index (χ0n) is 33.7. The maximum absolute atomic E-state index is 7.16. The van der Waals surface area contributed by atoms with Crippen LogP contribution in [0.5, 0.6) is 0 Å². The topological polar surface area (TPSA) is 77.6 Å². The van der Waals surface area contributed by atoms with Crippen LogP contribution in [0.4, 0.5) is 0 Å². The second kappa shape index (κ2) is 12.6. The summed E-state index contributed by atoms with van der Waals surface area (Å²) in [7, 11) is 0. The second-order valence-corrected chi connectivity index (χ2v) is 16.6. The molecule has 0 bridgehead atoms. The van der Waals surface area contributed by atoms with Crippen LogP contribution in [-0.4, -0.2) is 24.9 Å². The van der Waals surface area contributed by atoms with Gasteiger partial charge in [0.2, 0.25) is 0 Å². The van der Waals surface area contributed by atoms with Crippen LogP contribution in [0.2, 0.25) is 0 Å².